The number of ether oxygens (including phenoxy) is 6. The van der Waals surface area contributed by atoms with Crippen molar-refractivity contribution in [3.8, 4) is 11.5 Å². The van der Waals surface area contributed by atoms with Crippen molar-refractivity contribution in [1.82, 2.24) is 0 Å². The lowest BCUT2D eigenvalue weighted by Crippen LogP contribution is -2.27. The highest BCUT2D eigenvalue weighted by molar-refractivity contribution is 7.99. The molecule has 0 aliphatic heterocycles. The van der Waals surface area contributed by atoms with Crippen molar-refractivity contribution in [3.63, 3.8) is 0 Å². The van der Waals surface area contributed by atoms with Gasteiger partial charge in [-0.1, -0.05) is 51.3 Å². The van der Waals surface area contributed by atoms with E-state index in [0.29, 0.717) is 36.2 Å². The zero-order valence-electron chi connectivity index (χ0n) is 25.6. The molecule has 0 aliphatic rings. The van der Waals surface area contributed by atoms with E-state index in [4.69, 9.17) is 28.4 Å². The van der Waals surface area contributed by atoms with Crippen LogP contribution in [0, 0.1) is 0 Å². The minimum Gasteiger partial charge on any atom is -0.490 e. The first kappa shape index (κ1) is 36.3. The quantitative estimate of drug-likeness (QED) is 0.0912. The normalized spacial score (nSPS) is 12.6. The summed E-state index contributed by atoms with van der Waals surface area (Å²) in [5.41, 5.74) is 1.95. The van der Waals surface area contributed by atoms with E-state index in [1.165, 1.54) is 0 Å². The van der Waals surface area contributed by atoms with Crippen molar-refractivity contribution in [2.75, 3.05) is 63.7 Å². The van der Waals surface area contributed by atoms with Gasteiger partial charge in [-0.3, -0.25) is 0 Å². The third-order valence-corrected chi connectivity index (χ3v) is 8.52. The summed E-state index contributed by atoms with van der Waals surface area (Å²) in [6.07, 6.45) is 1.52. The molecule has 2 aromatic rings. The van der Waals surface area contributed by atoms with Crippen molar-refractivity contribution in [1.29, 1.82) is 0 Å². The second kappa shape index (κ2) is 20.1. The lowest BCUT2D eigenvalue weighted by molar-refractivity contribution is -0.144. The number of carbonyl (C=O) groups excluding carboxylic acids is 2. The Bertz CT molecular complexity index is 1030. The second-order valence-corrected chi connectivity index (χ2v) is 12.3. The van der Waals surface area contributed by atoms with Gasteiger partial charge < -0.3 is 28.4 Å². The summed E-state index contributed by atoms with van der Waals surface area (Å²) in [6, 6.07) is 15.9. The molecule has 236 valence electrons. The van der Waals surface area contributed by atoms with Gasteiger partial charge in [0.15, 0.2) is 0 Å². The maximum absolute atomic E-state index is 11.7. The van der Waals surface area contributed by atoms with Crippen LogP contribution in [0.15, 0.2) is 73.8 Å². The van der Waals surface area contributed by atoms with Crippen LogP contribution in [-0.4, -0.2) is 87.8 Å². The zero-order chi connectivity index (χ0) is 31.5. The molecule has 8 nitrogen and oxygen atoms in total. The summed E-state index contributed by atoms with van der Waals surface area (Å²) >= 11 is 3.27. The minimum atomic E-state index is -0.470. The molecule has 43 heavy (non-hydrogen) atoms. The number of methoxy groups -OCH3 is 2. The van der Waals surface area contributed by atoms with Crippen LogP contribution in [0.3, 0.4) is 0 Å². The molecule has 0 heterocycles. The van der Waals surface area contributed by atoms with Crippen LogP contribution in [-0.2, 0) is 34.0 Å². The Morgan fingerprint density at radius 1 is 0.721 bits per heavy atom. The van der Waals surface area contributed by atoms with E-state index < -0.39 is 24.1 Å². The fourth-order valence-corrected chi connectivity index (χ4v) is 5.61. The van der Waals surface area contributed by atoms with Gasteiger partial charge in [-0.2, -0.15) is 23.5 Å². The smallest absolute Gasteiger partial charge is 0.330 e. The van der Waals surface area contributed by atoms with Gasteiger partial charge in [-0.15, -0.1) is 0 Å². The Kier molecular flexibility index (Phi) is 17.0. The first-order valence-corrected chi connectivity index (χ1v) is 16.3. The molecule has 0 bridgehead atoms. The molecule has 2 aromatic carbocycles. The van der Waals surface area contributed by atoms with Gasteiger partial charge in [0.2, 0.25) is 0 Å². The average molecular weight is 633 g/mol. The Morgan fingerprint density at radius 2 is 1.09 bits per heavy atom. The predicted molar refractivity (Wildman–Crippen MR) is 175 cm³/mol. The van der Waals surface area contributed by atoms with Crippen LogP contribution < -0.4 is 9.47 Å². The molecule has 0 saturated carbocycles. The first-order valence-electron chi connectivity index (χ1n) is 14.0. The largest absolute Gasteiger partial charge is 0.490 e. The first-order chi connectivity index (χ1) is 20.7. The molecule has 0 saturated heterocycles. The van der Waals surface area contributed by atoms with Gasteiger partial charge >= 0.3 is 11.9 Å². The van der Waals surface area contributed by atoms with Crippen molar-refractivity contribution in [2.24, 2.45) is 0 Å². The van der Waals surface area contributed by atoms with Crippen LogP contribution in [0.1, 0.15) is 25.0 Å². The van der Waals surface area contributed by atoms with Crippen LogP contribution in [0.5, 0.6) is 11.5 Å². The number of hydrogen-bond acceptors (Lipinski definition) is 10. The number of hydrogen-bond donors (Lipinski definition) is 0. The van der Waals surface area contributed by atoms with Crippen LogP contribution in [0.25, 0.3) is 0 Å². The monoisotopic (exact) mass is 632 g/mol. The SMILES string of the molecule is C=CC(=O)OC(COc1ccc(C(C)(C)c2ccc(OCC(CSCCOC)OC(=O)C=C)cc2)cc1)CSCCOC. The van der Waals surface area contributed by atoms with Gasteiger partial charge in [0, 0.05) is 54.8 Å². The standard InChI is InChI=1S/C33H44O8S2/c1-7-31(34)40-29(23-42-19-17-36-5)21-38-27-13-9-25(10-14-27)33(3,4)26-11-15-28(16-12-26)39-22-30(41-32(35)8-2)24-43-20-18-37-6/h7-16,29-30H,1-2,17-24H2,3-6H3. The number of carbonyl (C=O) groups is 2. The van der Waals surface area contributed by atoms with Crippen LogP contribution >= 0.6 is 23.5 Å². The highest BCUT2D eigenvalue weighted by atomic mass is 32.2. The Hall–Kier alpha value is -2.92. The van der Waals surface area contributed by atoms with Gasteiger partial charge in [0.1, 0.15) is 36.9 Å². The summed E-state index contributed by atoms with van der Waals surface area (Å²) in [7, 11) is 3.31. The van der Waals surface area contributed by atoms with E-state index in [-0.39, 0.29) is 18.6 Å². The van der Waals surface area contributed by atoms with E-state index >= 15 is 0 Å². The van der Waals surface area contributed by atoms with E-state index in [2.05, 4.69) is 27.0 Å². The summed E-state index contributed by atoms with van der Waals surface area (Å²) in [5.74, 6) is 3.24. The van der Waals surface area contributed by atoms with Crippen LogP contribution in [0.2, 0.25) is 0 Å². The Morgan fingerprint density at radius 3 is 1.42 bits per heavy atom. The zero-order valence-corrected chi connectivity index (χ0v) is 27.2. The number of rotatable bonds is 22. The Balaban J connectivity index is 1.97. The maximum Gasteiger partial charge on any atom is 0.330 e. The third-order valence-electron chi connectivity index (χ3n) is 6.39. The van der Waals surface area contributed by atoms with Gasteiger partial charge in [0.25, 0.3) is 0 Å². The molecule has 2 unspecified atom stereocenters. The van der Waals surface area contributed by atoms with Gasteiger partial charge in [-0.05, 0) is 35.4 Å². The highest BCUT2D eigenvalue weighted by Crippen LogP contribution is 2.33. The maximum atomic E-state index is 11.7. The van der Waals surface area contributed by atoms with Crippen molar-refractivity contribution in [2.45, 2.75) is 31.5 Å². The molecular weight excluding hydrogens is 588 g/mol. The van der Waals surface area contributed by atoms with Gasteiger partial charge in [0.05, 0.1) is 13.2 Å². The summed E-state index contributed by atoms with van der Waals surface area (Å²) in [6.45, 7) is 13.0. The molecule has 0 spiro atoms. The molecule has 2 rings (SSSR count). The lowest BCUT2D eigenvalue weighted by Gasteiger charge is -2.27. The molecule has 0 N–H and O–H groups in total. The lowest BCUT2D eigenvalue weighted by atomic mass is 9.78. The topological polar surface area (TPSA) is 89.5 Å². The number of thioether (sulfide) groups is 2. The fraction of sp³-hybridized carbons (Fsp3) is 0.455. The van der Waals surface area contributed by atoms with Gasteiger partial charge in [-0.25, -0.2) is 9.59 Å². The number of esters is 2. The second-order valence-electron chi connectivity index (χ2n) is 9.96. The molecule has 0 aromatic heterocycles. The molecule has 0 amide bonds. The average Bonchev–Trinajstić information content (AvgIpc) is 3.02. The van der Waals surface area contributed by atoms with Crippen molar-refractivity contribution < 1.29 is 38.0 Å². The van der Waals surface area contributed by atoms with Crippen molar-refractivity contribution >= 4 is 35.5 Å². The van der Waals surface area contributed by atoms with Crippen molar-refractivity contribution in [3.05, 3.63) is 85.0 Å². The summed E-state index contributed by atoms with van der Waals surface area (Å²) < 4.78 is 33.0. The molecule has 10 heteroatoms. The van der Waals surface area contributed by atoms with E-state index in [0.717, 1.165) is 34.8 Å². The molecule has 0 radical (unpaired) electrons. The third kappa shape index (κ3) is 13.5. The molecule has 0 aliphatic carbocycles. The summed E-state index contributed by atoms with van der Waals surface area (Å²) in [4.78, 5) is 23.5. The van der Waals surface area contributed by atoms with E-state index in [1.54, 1.807) is 37.7 Å². The Labute approximate surface area is 264 Å². The molecule has 2 atom stereocenters. The fourth-order valence-electron chi connectivity index (χ4n) is 3.85. The van der Waals surface area contributed by atoms with Crippen LogP contribution in [0.4, 0.5) is 0 Å². The van der Waals surface area contributed by atoms with E-state index in [9.17, 15) is 9.59 Å². The minimum absolute atomic E-state index is 0.239. The predicted octanol–water partition coefficient (Wildman–Crippen LogP) is 5.72. The van der Waals surface area contributed by atoms with E-state index in [1.807, 2.05) is 48.5 Å². The molecular formula is C33H44O8S2. The highest BCUT2D eigenvalue weighted by Gasteiger charge is 2.24. The number of benzene rings is 2. The molecule has 0 fully saturated rings. The summed E-state index contributed by atoms with van der Waals surface area (Å²) in [5, 5.41) is 0.